The van der Waals surface area contributed by atoms with E-state index in [-0.39, 0.29) is 16.9 Å². The number of thiazole rings is 1. The molecule has 2 heterocycles. The number of nitrogens with one attached hydrogen (secondary N) is 1. The van der Waals surface area contributed by atoms with Crippen molar-refractivity contribution in [1.82, 2.24) is 14.8 Å². The Labute approximate surface area is 168 Å². The van der Waals surface area contributed by atoms with Crippen molar-refractivity contribution in [3.8, 4) is 16.4 Å². The van der Waals surface area contributed by atoms with Crippen molar-refractivity contribution >= 4 is 28.4 Å². The lowest BCUT2D eigenvalue weighted by molar-refractivity contribution is -0.384. The van der Waals surface area contributed by atoms with Crippen molar-refractivity contribution < 1.29 is 4.92 Å². The summed E-state index contributed by atoms with van der Waals surface area (Å²) >= 11 is 1.27. The van der Waals surface area contributed by atoms with E-state index in [1.165, 1.54) is 28.2 Å². The molecule has 144 valence electrons. The first-order valence-corrected chi connectivity index (χ1v) is 9.40. The number of aryl methyl sites for hydroxylation is 1. The number of nitro benzene ring substituents is 1. The predicted octanol–water partition coefficient (Wildman–Crippen LogP) is 4.92. The monoisotopic (exact) mass is 406 g/mol. The van der Waals surface area contributed by atoms with Gasteiger partial charge in [-0.25, -0.2) is 4.98 Å². The van der Waals surface area contributed by atoms with E-state index in [1.54, 1.807) is 36.6 Å². The Morgan fingerprint density at radius 3 is 2.52 bits per heavy atom. The summed E-state index contributed by atoms with van der Waals surface area (Å²) in [6, 6.07) is 15.2. The molecule has 9 nitrogen and oxygen atoms in total. The van der Waals surface area contributed by atoms with Gasteiger partial charge in [0.15, 0.2) is 5.69 Å². The van der Waals surface area contributed by atoms with E-state index < -0.39 is 4.92 Å². The molecular weight excluding hydrogens is 392 g/mol. The van der Waals surface area contributed by atoms with Gasteiger partial charge < -0.3 is 0 Å². The van der Waals surface area contributed by atoms with Crippen molar-refractivity contribution in [1.29, 1.82) is 0 Å². The number of aromatic nitrogens is 3. The SMILES string of the molecule is Cc1[nH]n(-c2nc(-c3ccc([N+](=O)[O-])cc3)cs2)c(=O)c1N=Nc1ccccc1. The van der Waals surface area contributed by atoms with Gasteiger partial charge in [0.2, 0.25) is 5.13 Å². The van der Waals surface area contributed by atoms with Gasteiger partial charge in [-0.15, -0.1) is 16.5 Å². The van der Waals surface area contributed by atoms with Gasteiger partial charge in [0, 0.05) is 23.1 Å². The smallest absolute Gasteiger partial charge is 0.291 e. The number of H-pyrrole nitrogens is 1. The topological polar surface area (TPSA) is 119 Å². The molecule has 0 saturated heterocycles. The first kappa shape index (κ1) is 18.4. The van der Waals surface area contributed by atoms with Gasteiger partial charge in [-0.05, 0) is 31.2 Å². The van der Waals surface area contributed by atoms with E-state index in [2.05, 4.69) is 20.3 Å². The maximum absolute atomic E-state index is 12.7. The highest BCUT2D eigenvalue weighted by atomic mass is 32.1. The molecule has 0 amide bonds. The van der Waals surface area contributed by atoms with Crippen LogP contribution in [-0.2, 0) is 0 Å². The molecule has 4 rings (SSSR count). The summed E-state index contributed by atoms with van der Waals surface area (Å²) in [6.07, 6.45) is 0. The molecule has 0 aliphatic carbocycles. The van der Waals surface area contributed by atoms with E-state index >= 15 is 0 Å². The Kier molecular flexibility index (Phi) is 4.83. The second kappa shape index (κ2) is 7.60. The molecule has 29 heavy (non-hydrogen) atoms. The molecule has 0 atom stereocenters. The molecule has 2 aromatic carbocycles. The number of aromatic amines is 1. The van der Waals surface area contributed by atoms with Gasteiger partial charge in [-0.3, -0.25) is 20.0 Å². The van der Waals surface area contributed by atoms with Crippen LogP contribution in [0, 0.1) is 17.0 Å². The third kappa shape index (κ3) is 3.73. The zero-order valence-corrected chi connectivity index (χ0v) is 16.0. The first-order chi connectivity index (χ1) is 14.0. The molecule has 2 aromatic heterocycles. The average molecular weight is 406 g/mol. The Morgan fingerprint density at radius 2 is 1.83 bits per heavy atom. The molecule has 10 heteroatoms. The van der Waals surface area contributed by atoms with Gasteiger partial charge in [0.25, 0.3) is 5.69 Å². The third-order valence-electron chi connectivity index (χ3n) is 4.12. The van der Waals surface area contributed by atoms with Crippen LogP contribution in [0.5, 0.6) is 0 Å². The van der Waals surface area contributed by atoms with Crippen LogP contribution in [0.3, 0.4) is 0 Å². The lowest BCUT2D eigenvalue weighted by atomic mass is 10.1. The molecule has 0 unspecified atom stereocenters. The molecule has 0 radical (unpaired) electrons. The van der Waals surface area contributed by atoms with Crippen molar-refractivity contribution in [2.24, 2.45) is 10.2 Å². The molecular formula is C19H14N6O3S. The largest absolute Gasteiger partial charge is 0.301 e. The molecule has 0 saturated carbocycles. The van der Waals surface area contributed by atoms with Crippen LogP contribution in [0.4, 0.5) is 17.1 Å². The van der Waals surface area contributed by atoms with Gasteiger partial charge in [0.1, 0.15) is 0 Å². The molecule has 0 spiro atoms. The standard InChI is InChI=1S/C19H14N6O3S/c1-12-17(22-21-14-5-3-2-4-6-14)18(26)24(23-12)19-20-16(11-29-19)13-7-9-15(10-8-13)25(27)28/h2-11,23H,1H3. The Balaban J connectivity index is 1.64. The molecule has 0 aliphatic heterocycles. The van der Waals surface area contributed by atoms with Crippen LogP contribution in [-0.4, -0.2) is 19.7 Å². The fourth-order valence-electron chi connectivity index (χ4n) is 2.65. The molecule has 0 bridgehead atoms. The lowest BCUT2D eigenvalue weighted by Gasteiger charge is -1.97. The summed E-state index contributed by atoms with van der Waals surface area (Å²) in [6.45, 7) is 1.74. The van der Waals surface area contributed by atoms with Crippen LogP contribution >= 0.6 is 11.3 Å². The number of non-ortho nitro benzene ring substituents is 1. The number of benzene rings is 2. The zero-order chi connectivity index (χ0) is 20.4. The van der Waals surface area contributed by atoms with Gasteiger partial charge in [-0.1, -0.05) is 18.2 Å². The van der Waals surface area contributed by atoms with Crippen LogP contribution < -0.4 is 5.56 Å². The predicted molar refractivity (Wildman–Crippen MR) is 110 cm³/mol. The lowest BCUT2D eigenvalue weighted by Crippen LogP contribution is -2.13. The van der Waals surface area contributed by atoms with Gasteiger partial charge in [0.05, 0.1) is 22.0 Å². The van der Waals surface area contributed by atoms with E-state index in [0.717, 1.165) is 5.56 Å². The number of rotatable bonds is 5. The Hall–Kier alpha value is -3.92. The highest BCUT2D eigenvalue weighted by molar-refractivity contribution is 7.12. The highest BCUT2D eigenvalue weighted by Gasteiger charge is 2.16. The number of hydrogen-bond donors (Lipinski definition) is 1. The van der Waals surface area contributed by atoms with Crippen molar-refractivity contribution in [3.63, 3.8) is 0 Å². The maximum Gasteiger partial charge on any atom is 0.301 e. The molecule has 0 aliphatic rings. The normalized spacial score (nSPS) is 11.2. The van der Waals surface area contributed by atoms with E-state index in [9.17, 15) is 14.9 Å². The van der Waals surface area contributed by atoms with Gasteiger partial charge in [-0.2, -0.15) is 9.80 Å². The quantitative estimate of drug-likeness (QED) is 0.287. The molecule has 0 fully saturated rings. The van der Waals surface area contributed by atoms with E-state index in [1.807, 2.05) is 18.2 Å². The Bertz CT molecular complexity index is 1260. The van der Waals surface area contributed by atoms with Crippen molar-refractivity contribution in [2.75, 3.05) is 0 Å². The Morgan fingerprint density at radius 1 is 1.10 bits per heavy atom. The van der Waals surface area contributed by atoms with E-state index in [0.29, 0.717) is 22.2 Å². The van der Waals surface area contributed by atoms with E-state index in [4.69, 9.17) is 0 Å². The minimum absolute atomic E-state index is 0.00818. The van der Waals surface area contributed by atoms with Crippen LogP contribution in [0.2, 0.25) is 0 Å². The van der Waals surface area contributed by atoms with Crippen molar-refractivity contribution in [2.45, 2.75) is 6.92 Å². The fourth-order valence-corrected chi connectivity index (χ4v) is 3.44. The maximum atomic E-state index is 12.7. The number of nitrogens with zero attached hydrogens (tertiary/aromatic N) is 5. The number of nitro groups is 1. The average Bonchev–Trinajstić information content (AvgIpc) is 3.32. The second-order valence-electron chi connectivity index (χ2n) is 6.08. The van der Waals surface area contributed by atoms with Crippen LogP contribution in [0.25, 0.3) is 16.4 Å². The third-order valence-corrected chi connectivity index (χ3v) is 4.95. The van der Waals surface area contributed by atoms with Gasteiger partial charge >= 0.3 is 5.56 Å². The number of hydrogen-bond acceptors (Lipinski definition) is 7. The number of azo groups is 1. The minimum Gasteiger partial charge on any atom is -0.291 e. The zero-order valence-electron chi connectivity index (χ0n) is 15.1. The van der Waals surface area contributed by atoms with Crippen molar-refractivity contribution in [3.05, 3.63) is 86.1 Å². The summed E-state index contributed by atoms with van der Waals surface area (Å²) in [5, 5.41) is 24.2. The molecule has 1 N–H and O–H groups in total. The summed E-state index contributed by atoms with van der Waals surface area (Å²) in [7, 11) is 0. The summed E-state index contributed by atoms with van der Waals surface area (Å²) in [5.74, 6) is 0. The van der Waals surface area contributed by atoms with Crippen LogP contribution in [0.1, 0.15) is 5.69 Å². The second-order valence-corrected chi connectivity index (χ2v) is 6.92. The summed E-state index contributed by atoms with van der Waals surface area (Å²) in [4.78, 5) is 27.5. The minimum atomic E-state index is -0.455. The first-order valence-electron chi connectivity index (χ1n) is 8.52. The molecule has 4 aromatic rings. The highest BCUT2D eigenvalue weighted by Crippen LogP contribution is 2.26. The summed E-state index contributed by atoms with van der Waals surface area (Å²) < 4.78 is 1.31. The summed E-state index contributed by atoms with van der Waals surface area (Å²) in [5.41, 5.74) is 2.42. The van der Waals surface area contributed by atoms with Crippen LogP contribution in [0.15, 0.2) is 75.0 Å². The fraction of sp³-hybridized carbons (Fsp3) is 0.0526.